The molecule has 0 spiro atoms. The molecule has 0 radical (unpaired) electrons. The third kappa shape index (κ3) is 6.63. The van der Waals surface area contributed by atoms with Gasteiger partial charge in [0.1, 0.15) is 12.7 Å². The molecule has 2 unspecified atom stereocenters. The summed E-state index contributed by atoms with van der Waals surface area (Å²) in [4.78, 5) is 23.9. The number of esters is 2. The number of carbonyl (C=O) groups excluding carboxylic acids is 2. The predicted molar refractivity (Wildman–Crippen MR) is 102 cm³/mol. The fourth-order valence-electron chi connectivity index (χ4n) is 2.15. The molecule has 2 atom stereocenters. The molecular weight excluding hydrogens is 348 g/mol. The molecule has 2 aromatic rings. The average Bonchev–Trinajstić information content (AvgIpc) is 2.65. The minimum absolute atomic E-state index is 0.0852. The fourth-order valence-corrected chi connectivity index (χ4v) is 2.15. The Kier molecular flexibility index (Phi) is 7.19. The second-order valence-electron chi connectivity index (χ2n) is 6.20. The van der Waals surface area contributed by atoms with Crippen molar-refractivity contribution >= 4 is 23.3 Å². The van der Waals surface area contributed by atoms with Gasteiger partial charge in [-0.15, -0.1) is 0 Å². The van der Waals surface area contributed by atoms with Crippen LogP contribution in [0.15, 0.2) is 48.5 Å². The fraction of sp³-hybridized carbons (Fsp3) is 0.300. The quantitative estimate of drug-likeness (QED) is 0.541. The molecule has 2 rings (SSSR count). The molecule has 0 aliphatic carbocycles. The van der Waals surface area contributed by atoms with E-state index in [4.69, 9.17) is 25.7 Å². The number of hydrogen-bond acceptors (Lipinski definition) is 7. The van der Waals surface area contributed by atoms with Gasteiger partial charge in [-0.2, -0.15) is 0 Å². The zero-order valence-corrected chi connectivity index (χ0v) is 15.4. The van der Waals surface area contributed by atoms with Gasteiger partial charge < -0.3 is 25.7 Å². The first-order valence-corrected chi connectivity index (χ1v) is 8.56. The third-order valence-electron chi connectivity index (χ3n) is 3.67. The summed E-state index contributed by atoms with van der Waals surface area (Å²) in [5.74, 6) is -0.901. The maximum absolute atomic E-state index is 12.0. The highest BCUT2D eigenvalue weighted by Crippen LogP contribution is 2.10. The molecule has 144 valence electrons. The van der Waals surface area contributed by atoms with Gasteiger partial charge in [-0.3, -0.25) is 0 Å². The number of carbonyl (C=O) groups is 2. The van der Waals surface area contributed by atoms with E-state index in [0.29, 0.717) is 22.5 Å². The van der Waals surface area contributed by atoms with Crippen molar-refractivity contribution in [1.29, 1.82) is 0 Å². The van der Waals surface area contributed by atoms with Gasteiger partial charge in [0.05, 0.1) is 23.8 Å². The van der Waals surface area contributed by atoms with E-state index in [1.54, 1.807) is 62.4 Å². The predicted octanol–water partition coefficient (Wildman–Crippen LogP) is 2.66. The number of anilines is 2. The van der Waals surface area contributed by atoms with Gasteiger partial charge in [-0.1, -0.05) is 0 Å². The van der Waals surface area contributed by atoms with Gasteiger partial charge in [0.25, 0.3) is 0 Å². The maximum atomic E-state index is 12.0. The summed E-state index contributed by atoms with van der Waals surface area (Å²) in [7, 11) is 0. The topological polar surface area (TPSA) is 114 Å². The van der Waals surface area contributed by atoms with Crippen molar-refractivity contribution in [2.24, 2.45) is 0 Å². The second-order valence-corrected chi connectivity index (χ2v) is 6.20. The van der Waals surface area contributed by atoms with Crippen molar-refractivity contribution < 1.29 is 23.8 Å². The highest BCUT2D eigenvalue weighted by molar-refractivity contribution is 5.90. The normalized spacial score (nSPS) is 12.8. The molecule has 7 nitrogen and oxygen atoms in total. The Hall–Kier alpha value is -3.06. The molecule has 0 aromatic heterocycles. The zero-order chi connectivity index (χ0) is 19.8. The molecule has 0 bridgehead atoms. The van der Waals surface area contributed by atoms with Crippen LogP contribution < -0.4 is 11.5 Å². The number of rotatable bonds is 8. The van der Waals surface area contributed by atoms with Crippen molar-refractivity contribution in [2.75, 3.05) is 24.7 Å². The summed E-state index contributed by atoms with van der Waals surface area (Å²) >= 11 is 0. The van der Waals surface area contributed by atoms with Crippen LogP contribution in [0.4, 0.5) is 11.4 Å². The number of nitrogens with two attached hydrogens (primary N) is 2. The van der Waals surface area contributed by atoms with Gasteiger partial charge in [0, 0.05) is 11.4 Å². The van der Waals surface area contributed by atoms with Crippen molar-refractivity contribution in [2.45, 2.75) is 26.1 Å². The van der Waals surface area contributed by atoms with E-state index < -0.39 is 18.0 Å². The van der Waals surface area contributed by atoms with Gasteiger partial charge in [0.15, 0.2) is 0 Å². The average molecular weight is 372 g/mol. The van der Waals surface area contributed by atoms with Gasteiger partial charge in [-0.05, 0) is 62.4 Å². The Labute approximate surface area is 158 Å². The third-order valence-corrected chi connectivity index (χ3v) is 3.67. The van der Waals surface area contributed by atoms with E-state index in [1.807, 2.05) is 0 Å². The smallest absolute Gasteiger partial charge is 0.338 e. The Morgan fingerprint density at radius 1 is 0.778 bits per heavy atom. The lowest BCUT2D eigenvalue weighted by Gasteiger charge is -2.18. The van der Waals surface area contributed by atoms with Crippen LogP contribution in [0.2, 0.25) is 0 Å². The van der Waals surface area contributed by atoms with Crippen LogP contribution in [0.3, 0.4) is 0 Å². The van der Waals surface area contributed by atoms with Crippen LogP contribution in [0.1, 0.15) is 34.6 Å². The summed E-state index contributed by atoms with van der Waals surface area (Å²) < 4.78 is 16.1. The molecule has 0 aliphatic heterocycles. The van der Waals surface area contributed by atoms with Gasteiger partial charge in [0.2, 0.25) is 0 Å². The van der Waals surface area contributed by atoms with E-state index >= 15 is 0 Å². The first-order chi connectivity index (χ1) is 12.8. The standard InChI is InChI=1S/C20H24N2O5/c1-13(11-26-19(23)15-3-7-17(21)8-4-15)25-12-14(2)27-20(24)16-5-9-18(22)10-6-16/h3-10,13-14H,11-12,21-22H2,1-2H3. The van der Waals surface area contributed by atoms with Crippen LogP contribution in [0.25, 0.3) is 0 Å². The minimum Gasteiger partial charge on any atom is -0.459 e. The minimum atomic E-state index is -0.453. The molecule has 0 saturated heterocycles. The molecule has 0 saturated carbocycles. The zero-order valence-electron chi connectivity index (χ0n) is 15.4. The van der Waals surface area contributed by atoms with Gasteiger partial charge >= 0.3 is 11.9 Å². The highest BCUT2D eigenvalue weighted by Gasteiger charge is 2.15. The van der Waals surface area contributed by atoms with Crippen molar-refractivity contribution in [3.8, 4) is 0 Å². The monoisotopic (exact) mass is 372 g/mol. The van der Waals surface area contributed by atoms with Crippen molar-refractivity contribution in [1.82, 2.24) is 0 Å². The molecule has 0 heterocycles. The number of ether oxygens (including phenoxy) is 3. The lowest BCUT2D eigenvalue weighted by atomic mass is 10.2. The molecule has 27 heavy (non-hydrogen) atoms. The van der Waals surface area contributed by atoms with Crippen LogP contribution in [-0.2, 0) is 14.2 Å². The molecule has 2 aromatic carbocycles. The van der Waals surface area contributed by atoms with E-state index in [0.717, 1.165) is 0 Å². The van der Waals surface area contributed by atoms with Crippen molar-refractivity contribution in [3.63, 3.8) is 0 Å². The first-order valence-electron chi connectivity index (χ1n) is 8.56. The Balaban J connectivity index is 1.70. The van der Waals surface area contributed by atoms with Gasteiger partial charge in [-0.25, -0.2) is 9.59 Å². The first kappa shape index (κ1) is 20.3. The maximum Gasteiger partial charge on any atom is 0.338 e. The lowest BCUT2D eigenvalue weighted by molar-refractivity contribution is -0.0379. The lowest BCUT2D eigenvalue weighted by Crippen LogP contribution is -2.26. The molecular formula is C20H24N2O5. The summed E-state index contributed by atoms with van der Waals surface area (Å²) in [6.45, 7) is 3.76. The van der Waals surface area contributed by atoms with Crippen molar-refractivity contribution in [3.05, 3.63) is 59.7 Å². The molecule has 0 aliphatic rings. The Morgan fingerprint density at radius 2 is 1.26 bits per heavy atom. The van der Waals surface area contributed by atoms with Crippen LogP contribution in [-0.4, -0.2) is 37.4 Å². The molecule has 0 fully saturated rings. The SMILES string of the molecule is CC(COC(=O)c1ccc(N)cc1)OCC(C)OC(=O)c1ccc(N)cc1. The van der Waals surface area contributed by atoms with E-state index in [-0.39, 0.29) is 19.3 Å². The van der Waals surface area contributed by atoms with Crippen LogP contribution in [0, 0.1) is 0 Å². The summed E-state index contributed by atoms with van der Waals surface area (Å²) in [6, 6.07) is 12.9. The Bertz CT molecular complexity index is 759. The van der Waals surface area contributed by atoms with E-state index in [2.05, 4.69) is 0 Å². The number of nitrogen functional groups attached to an aromatic ring is 2. The largest absolute Gasteiger partial charge is 0.459 e. The van der Waals surface area contributed by atoms with E-state index in [1.165, 1.54) is 0 Å². The van der Waals surface area contributed by atoms with E-state index in [9.17, 15) is 9.59 Å². The Morgan fingerprint density at radius 3 is 1.78 bits per heavy atom. The second kappa shape index (κ2) is 9.59. The number of hydrogen-bond donors (Lipinski definition) is 2. The molecule has 4 N–H and O–H groups in total. The van der Waals surface area contributed by atoms with Crippen LogP contribution >= 0.6 is 0 Å². The molecule has 7 heteroatoms. The van der Waals surface area contributed by atoms with Crippen LogP contribution in [0.5, 0.6) is 0 Å². The summed E-state index contributed by atoms with van der Waals surface area (Å²) in [5, 5.41) is 0. The highest BCUT2D eigenvalue weighted by atomic mass is 16.6. The number of benzene rings is 2. The molecule has 0 amide bonds. The summed E-state index contributed by atoms with van der Waals surface area (Å²) in [5.41, 5.74) is 13.2. The summed E-state index contributed by atoms with van der Waals surface area (Å²) in [6.07, 6.45) is -0.800.